The monoisotopic (exact) mass is 234 g/mol. The van der Waals surface area contributed by atoms with E-state index in [1.807, 2.05) is 0 Å². The van der Waals surface area contributed by atoms with Gasteiger partial charge in [-0.2, -0.15) is 0 Å². The van der Waals surface area contributed by atoms with Crippen LogP contribution >= 0.6 is 23.2 Å². The van der Waals surface area contributed by atoms with Crippen LogP contribution in [-0.2, 0) is 16.0 Å². The molecule has 0 aliphatic rings. The molecule has 0 saturated heterocycles. The van der Waals surface area contributed by atoms with Crippen LogP contribution in [0.2, 0.25) is 10.3 Å². The maximum Gasteiger partial charge on any atom is 0.163 e. The Morgan fingerprint density at radius 1 is 1.43 bits per heavy atom. The van der Waals surface area contributed by atoms with Crippen LogP contribution in [0.25, 0.3) is 0 Å². The first-order valence-electron chi connectivity index (χ1n) is 3.80. The maximum absolute atomic E-state index is 11.2. The van der Waals surface area contributed by atoms with Crippen molar-refractivity contribution in [2.45, 2.75) is 6.42 Å². The van der Waals surface area contributed by atoms with Gasteiger partial charge in [-0.05, 0) is 0 Å². The Kier molecular flexibility index (Phi) is 4.25. The summed E-state index contributed by atoms with van der Waals surface area (Å²) in [6.07, 6.45) is 1.33. The molecule has 0 atom stereocenters. The van der Waals surface area contributed by atoms with Gasteiger partial charge in [-0.25, -0.2) is 9.97 Å². The molecule has 1 aromatic rings. The number of hydrogen-bond donors (Lipinski definition) is 0. The summed E-state index contributed by atoms with van der Waals surface area (Å²) in [5.41, 5.74) is 0.442. The molecule has 0 saturated carbocycles. The minimum absolute atomic E-state index is 0.0293. The molecule has 0 radical (unpaired) electrons. The molecule has 1 heterocycles. The molecule has 1 rings (SSSR count). The number of ketones is 1. The molecule has 0 bridgehead atoms. The average molecular weight is 235 g/mol. The summed E-state index contributed by atoms with van der Waals surface area (Å²) >= 11 is 11.5. The normalized spacial score (nSPS) is 10.2. The minimum Gasteiger partial charge on any atom is -0.377 e. The number of ether oxygens (including phenoxy) is 1. The summed E-state index contributed by atoms with van der Waals surface area (Å²) < 4.78 is 4.68. The van der Waals surface area contributed by atoms with E-state index < -0.39 is 0 Å². The molecule has 76 valence electrons. The van der Waals surface area contributed by atoms with E-state index in [4.69, 9.17) is 23.2 Å². The van der Waals surface area contributed by atoms with Gasteiger partial charge in [0.05, 0.1) is 0 Å². The number of methoxy groups -OCH3 is 1. The van der Waals surface area contributed by atoms with Crippen molar-refractivity contribution in [1.29, 1.82) is 0 Å². The lowest BCUT2D eigenvalue weighted by atomic mass is 10.2. The summed E-state index contributed by atoms with van der Waals surface area (Å²) in [5.74, 6) is -0.119. The second-order valence-electron chi connectivity index (χ2n) is 2.58. The SMILES string of the molecule is COCC(=O)Cc1c(Cl)ncnc1Cl. The number of carbonyl (C=O) groups is 1. The summed E-state index contributed by atoms with van der Waals surface area (Å²) in [6, 6.07) is 0. The van der Waals surface area contributed by atoms with Gasteiger partial charge in [0, 0.05) is 19.1 Å². The smallest absolute Gasteiger partial charge is 0.163 e. The Bertz CT molecular complexity index is 324. The van der Waals surface area contributed by atoms with Gasteiger partial charge in [0.1, 0.15) is 23.2 Å². The molecular weight excluding hydrogens is 227 g/mol. The molecule has 0 N–H and O–H groups in total. The fraction of sp³-hybridized carbons (Fsp3) is 0.375. The molecule has 0 amide bonds. The molecular formula is C8H8Cl2N2O2. The van der Waals surface area contributed by atoms with E-state index in [0.717, 1.165) is 0 Å². The zero-order chi connectivity index (χ0) is 10.6. The third-order valence-electron chi connectivity index (χ3n) is 1.52. The van der Waals surface area contributed by atoms with Crippen molar-refractivity contribution < 1.29 is 9.53 Å². The topological polar surface area (TPSA) is 52.1 Å². The van der Waals surface area contributed by atoms with E-state index >= 15 is 0 Å². The highest BCUT2D eigenvalue weighted by Gasteiger charge is 2.12. The first-order valence-corrected chi connectivity index (χ1v) is 4.56. The number of aromatic nitrogens is 2. The third-order valence-corrected chi connectivity index (χ3v) is 2.17. The number of halogens is 2. The number of hydrogen-bond acceptors (Lipinski definition) is 4. The standard InChI is InChI=1S/C8H8Cl2N2O2/c1-14-3-5(13)2-6-7(9)11-4-12-8(6)10/h4H,2-3H2,1H3. The quantitative estimate of drug-likeness (QED) is 0.742. The molecule has 1 aromatic heterocycles. The minimum atomic E-state index is -0.119. The van der Waals surface area contributed by atoms with Gasteiger partial charge in [-0.3, -0.25) is 4.79 Å². The molecule has 0 aromatic carbocycles. The van der Waals surface area contributed by atoms with Crippen molar-refractivity contribution in [3.63, 3.8) is 0 Å². The van der Waals surface area contributed by atoms with Crippen molar-refractivity contribution in [1.82, 2.24) is 9.97 Å². The summed E-state index contributed by atoms with van der Waals surface area (Å²) in [5, 5.41) is 0.406. The van der Waals surface area contributed by atoms with Crippen LogP contribution in [0.4, 0.5) is 0 Å². The second-order valence-corrected chi connectivity index (χ2v) is 3.30. The Balaban J connectivity index is 2.80. The van der Waals surface area contributed by atoms with E-state index in [1.165, 1.54) is 13.4 Å². The van der Waals surface area contributed by atoms with E-state index in [-0.39, 0.29) is 29.1 Å². The molecule has 0 aliphatic heterocycles. The first-order chi connectivity index (χ1) is 6.65. The second kappa shape index (κ2) is 5.24. The summed E-state index contributed by atoms with van der Waals surface area (Å²) in [4.78, 5) is 18.7. The lowest BCUT2D eigenvalue weighted by molar-refractivity contribution is -0.121. The van der Waals surface area contributed by atoms with E-state index in [2.05, 4.69) is 14.7 Å². The van der Waals surface area contributed by atoms with Gasteiger partial charge in [-0.1, -0.05) is 23.2 Å². The predicted octanol–water partition coefficient (Wildman–Crippen LogP) is 1.54. The zero-order valence-corrected chi connectivity index (χ0v) is 8.97. The number of carbonyl (C=O) groups excluding carboxylic acids is 1. The highest BCUT2D eigenvalue weighted by molar-refractivity contribution is 6.34. The highest BCUT2D eigenvalue weighted by atomic mass is 35.5. The van der Waals surface area contributed by atoms with Crippen LogP contribution in [0, 0.1) is 0 Å². The van der Waals surface area contributed by atoms with E-state index in [0.29, 0.717) is 5.56 Å². The number of Topliss-reactive ketones (excluding diaryl/α,β-unsaturated/α-hetero) is 1. The molecule has 0 fully saturated rings. The first kappa shape index (κ1) is 11.4. The fourth-order valence-corrected chi connectivity index (χ4v) is 1.37. The van der Waals surface area contributed by atoms with Crippen molar-refractivity contribution in [2.24, 2.45) is 0 Å². The molecule has 6 heteroatoms. The van der Waals surface area contributed by atoms with Crippen LogP contribution in [0.1, 0.15) is 5.56 Å². The van der Waals surface area contributed by atoms with Crippen molar-refractivity contribution in [3.8, 4) is 0 Å². The largest absolute Gasteiger partial charge is 0.377 e. The molecule has 14 heavy (non-hydrogen) atoms. The van der Waals surface area contributed by atoms with Gasteiger partial charge >= 0.3 is 0 Å². The Morgan fingerprint density at radius 2 is 2.00 bits per heavy atom. The Morgan fingerprint density at radius 3 is 2.50 bits per heavy atom. The lowest BCUT2D eigenvalue weighted by Crippen LogP contribution is -2.11. The van der Waals surface area contributed by atoms with Gasteiger partial charge in [-0.15, -0.1) is 0 Å². The van der Waals surface area contributed by atoms with E-state index in [9.17, 15) is 4.79 Å². The van der Waals surface area contributed by atoms with Crippen LogP contribution in [0.5, 0.6) is 0 Å². The van der Waals surface area contributed by atoms with Crippen molar-refractivity contribution in [2.75, 3.05) is 13.7 Å². The Hall–Kier alpha value is -0.710. The Labute approximate surface area is 91.2 Å². The van der Waals surface area contributed by atoms with Gasteiger partial charge in [0.2, 0.25) is 0 Å². The van der Waals surface area contributed by atoms with E-state index in [1.54, 1.807) is 0 Å². The maximum atomic E-state index is 11.2. The summed E-state index contributed by atoms with van der Waals surface area (Å²) in [6.45, 7) is 0.0293. The molecule has 0 unspecified atom stereocenters. The lowest BCUT2D eigenvalue weighted by Gasteiger charge is -2.03. The van der Waals surface area contributed by atoms with Crippen molar-refractivity contribution >= 4 is 29.0 Å². The zero-order valence-electron chi connectivity index (χ0n) is 7.46. The number of rotatable bonds is 4. The van der Waals surface area contributed by atoms with Crippen molar-refractivity contribution in [3.05, 3.63) is 22.2 Å². The van der Waals surface area contributed by atoms with Crippen LogP contribution in [0.3, 0.4) is 0 Å². The fourth-order valence-electron chi connectivity index (χ4n) is 0.926. The average Bonchev–Trinajstić information content (AvgIpc) is 2.12. The molecule has 4 nitrogen and oxygen atoms in total. The van der Waals surface area contributed by atoms with Gasteiger partial charge in [0.25, 0.3) is 0 Å². The van der Waals surface area contributed by atoms with Gasteiger partial charge in [0.15, 0.2) is 5.78 Å². The van der Waals surface area contributed by atoms with Gasteiger partial charge < -0.3 is 4.74 Å². The van der Waals surface area contributed by atoms with Crippen LogP contribution in [-0.4, -0.2) is 29.5 Å². The van der Waals surface area contributed by atoms with Crippen LogP contribution in [0.15, 0.2) is 6.33 Å². The molecule has 0 spiro atoms. The third kappa shape index (κ3) is 2.90. The van der Waals surface area contributed by atoms with Crippen LogP contribution < -0.4 is 0 Å². The summed E-state index contributed by atoms with van der Waals surface area (Å²) in [7, 11) is 1.45. The number of nitrogens with zero attached hydrogens (tertiary/aromatic N) is 2. The molecule has 0 aliphatic carbocycles. The predicted molar refractivity (Wildman–Crippen MR) is 52.6 cm³/mol. The highest BCUT2D eigenvalue weighted by Crippen LogP contribution is 2.20.